The molecule has 11 nitrogen and oxygen atoms in total. The van der Waals surface area contributed by atoms with Crippen LogP contribution >= 0.6 is 11.3 Å². The van der Waals surface area contributed by atoms with Gasteiger partial charge in [-0.2, -0.15) is 5.26 Å². The summed E-state index contributed by atoms with van der Waals surface area (Å²) in [5.41, 5.74) is 0.402. The van der Waals surface area contributed by atoms with Crippen LogP contribution in [-0.4, -0.2) is 76.0 Å². The van der Waals surface area contributed by atoms with Crippen LogP contribution < -0.4 is 10.2 Å². The minimum atomic E-state index is -0.815. The minimum Gasteiger partial charge on any atom is -0.444 e. The van der Waals surface area contributed by atoms with Crippen LogP contribution in [0.15, 0.2) is 12.4 Å². The number of aliphatic hydroxyl groups excluding tert-OH is 1. The number of aliphatic hydroxyl groups is 1. The quantitative estimate of drug-likeness (QED) is 0.339. The number of benzene rings is 1. The second-order valence-electron chi connectivity index (χ2n) is 11.8. The normalized spacial score (nSPS) is 18.5. The molecule has 6 rings (SSSR count). The molecule has 5 heterocycles. The summed E-state index contributed by atoms with van der Waals surface area (Å²) >= 11 is 0.840. The maximum Gasteiger partial charge on any atom is 0.412 e. The molecule has 3 aromatic heterocycles. The van der Waals surface area contributed by atoms with Gasteiger partial charge in [0.05, 0.1) is 47.5 Å². The van der Waals surface area contributed by atoms with Crippen molar-refractivity contribution in [1.82, 2.24) is 19.9 Å². The summed E-state index contributed by atoms with van der Waals surface area (Å²) in [4.78, 5) is 29.6. The number of amides is 1. The number of fused-ring (bicyclic) bond motifs is 4. The first-order chi connectivity index (χ1) is 20.4. The first-order valence-electron chi connectivity index (χ1n) is 13.6. The van der Waals surface area contributed by atoms with Crippen molar-refractivity contribution in [2.45, 2.75) is 51.7 Å². The lowest BCUT2D eigenvalue weighted by Crippen LogP contribution is -2.38. The van der Waals surface area contributed by atoms with Crippen LogP contribution in [0.2, 0.25) is 0 Å². The molecule has 4 aromatic rings. The molecule has 1 amide bonds. The number of aromatic nitrogens is 3. The van der Waals surface area contributed by atoms with E-state index in [-0.39, 0.29) is 69.2 Å². The number of likely N-dealkylation sites (N-methyl/N-ethyl adjacent to an activating group) is 1. The molecule has 224 valence electrons. The molecular formula is C29H29F2N7O4S. The van der Waals surface area contributed by atoms with Crippen LogP contribution in [0, 0.1) is 23.0 Å². The number of thiophene rings is 1. The Hall–Kier alpha value is -4.03. The molecule has 1 saturated heterocycles. The van der Waals surface area contributed by atoms with Crippen molar-refractivity contribution in [3.05, 3.63) is 40.7 Å². The maximum absolute atomic E-state index is 16.7. The van der Waals surface area contributed by atoms with Crippen molar-refractivity contribution in [2.75, 3.05) is 37.4 Å². The molecule has 0 radical (unpaired) electrons. The summed E-state index contributed by atoms with van der Waals surface area (Å²) in [6.45, 7) is 6.06. The highest BCUT2D eigenvalue weighted by Gasteiger charge is 2.35. The Morgan fingerprint density at radius 2 is 1.98 bits per heavy atom. The second-order valence-corrected chi connectivity index (χ2v) is 12.8. The number of nitriles is 1. The van der Waals surface area contributed by atoms with Gasteiger partial charge in [0, 0.05) is 35.6 Å². The lowest BCUT2D eigenvalue weighted by Gasteiger charge is -2.21. The van der Waals surface area contributed by atoms with Gasteiger partial charge in [0.1, 0.15) is 22.2 Å². The largest absolute Gasteiger partial charge is 0.444 e. The summed E-state index contributed by atoms with van der Waals surface area (Å²) in [5, 5.41) is 23.8. The van der Waals surface area contributed by atoms with E-state index >= 15 is 8.78 Å². The van der Waals surface area contributed by atoms with Gasteiger partial charge < -0.3 is 24.4 Å². The number of anilines is 2. The number of nitrogens with one attached hydrogen (secondary N) is 1. The average Bonchev–Trinajstić information content (AvgIpc) is 3.66. The fourth-order valence-corrected chi connectivity index (χ4v) is 6.63. The predicted octanol–water partition coefficient (Wildman–Crippen LogP) is 4.54. The number of rotatable bonds is 4. The summed E-state index contributed by atoms with van der Waals surface area (Å²) in [7, 11) is 3.75. The predicted molar refractivity (Wildman–Crippen MR) is 157 cm³/mol. The van der Waals surface area contributed by atoms with Gasteiger partial charge in [-0.25, -0.2) is 23.5 Å². The Labute approximate surface area is 249 Å². The number of nitrogens with zero attached hydrogens (tertiary/aromatic N) is 6. The fraction of sp³-hybridized carbons (Fsp3) is 0.414. The molecule has 2 aliphatic rings. The summed E-state index contributed by atoms with van der Waals surface area (Å²) in [5.74, 6) is -1.18. The molecule has 14 heteroatoms. The van der Waals surface area contributed by atoms with E-state index in [9.17, 15) is 15.2 Å². The van der Waals surface area contributed by atoms with Gasteiger partial charge in [-0.05, 0) is 46.0 Å². The van der Waals surface area contributed by atoms with Crippen LogP contribution in [0.4, 0.5) is 24.5 Å². The molecule has 0 bridgehead atoms. The van der Waals surface area contributed by atoms with E-state index in [4.69, 9.17) is 9.47 Å². The summed E-state index contributed by atoms with van der Waals surface area (Å²) < 4.78 is 42.9. The third kappa shape index (κ3) is 5.02. The molecular weight excluding hydrogens is 580 g/mol. The van der Waals surface area contributed by atoms with E-state index in [0.717, 1.165) is 17.5 Å². The average molecular weight is 610 g/mol. The fourth-order valence-electron chi connectivity index (χ4n) is 5.59. The SMILES string of the molecule is CN(C)[C@@H]1CN(c2ncc3c4c(c(-c5ncc(F)c6sc(NC(=O)OC(C)(C)C)c(C#N)c56)c(F)c3n2)COC4)C[C@@H]1O. The van der Waals surface area contributed by atoms with Crippen LogP contribution in [0.25, 0.3) is 32.2 Å². The first kappa shape index (κ1) is 29.1. The van der Waals surface area contributed by atoms with E-state index in [1.165, 1.54) is 0 Å². The summed E-state index contributed by atoms with van der Waals surface area (Å²) in [6, 6.07) is 1.89. The lowest BCUT2D eigenvalue weighted by atomic mass is 9.94. The topological polar surface area (TPSA) is 137 Å². The van der Waals surface area contributed by atoms with E-state index in [1.54, 1.807) is 31.9 Å². The van der Waals surface area contributed by atoms with E-state index in [2.05, 4.69) is 20.3 Å². The molecule has 43 heavy (non-hydrogen) atoms. The Kier molecular flexibility index (Phi) is 7.16. The van der Waals surface area contributed by atoms with Crippen molar-refractivity contribution < 1.29 is 28.2 Å². The molecule has 0 saturated carbocycles. The highest BCUT2D eigenvalue weighted by atomic mass is 32.1. The number of ether oxygens (including phenoxy) is 2. The van der Waals surface area contributed by atoms with Crippen molar-refractivity contribution in [2.24, 2.45) is 0 Å². The van der Waals surface area contributed by atoms with Gasteiger partial charge in [0.15, 0.2) is 11.6 Å². The number of β-amino-alcohol motifs (C(OH)–C–C–N with tert-alkyl or cyclic N) is 1. The van der Waals surface area contributed by atoms with Crippen LogP contribution in [0.3, 0.4) is 0 Å². The van der Waals surface area contributed by atoms with Crippen molar-refractivity contribution in [3.63, 3.8) is 0 Å². The van der Waals surface area contributed by atoms with Crippen molar-refractivity contribution in [3.8, 4) is 17.3 Å². The van der Waals surface area contributed by atoms with Gasteiger partial charge >= 0.3 is 6.09 Å². The second kappa shape index (κ2) is 10.6. The van der Waals surface area contributed by atoms with Crippen LogP contribution in [0.5, 0.6) is 0 Å². The van der Waals surface area contributed by atoms with E-state index in [1.807, 2.05) is 25.1 Å². The third-order valence-corrected chi connectivity index (χ3v) is 8.64. The van der Waals surface area contributed by atoms with Gasteiger partial charge in [-0.3, -0.25) is 10.3 Å². The van der Waals surface area contributed by atoms with Crippen LogP contribution in [0.1, 0.15) is 37.5 Å². The Bertz CT molecular complexity index is 1830. The number of hydrogen-bond acceptors (Lipinski definition) is 11. The number of pyridine rings is 1. The minimum absolute atomic E-state index is 0.0205. The molecule has 1 fully saturated rings. The zero-order valence-corrected chi connectivity index (χ0v) is 25.0. The van der Waals surface area contributed by atoms with E-state index < -0.39 is 29.4 Å². The molecule has 2 N–H and O–H groups in total. The molecule has 2 aliphatic heterocycles. The Balaban J connectivity index is 1.53. The highest BCUT2D eigenvalue weighted by Crippen LogP contribution is 2.46. The number of hydrogen-bond donors (Lipinski definition) is 2. The molecule has 2 atom stereocenters. The van der Waals surface area contributed by atoms with Crippen molar-refractivity contribution >= 4 is 49.4 Å². The Morgan fingerprint density at radius 1 is 1.23 bits per heavy atom. The van der Waals surface area contributed by atoms with Gasteiger partial charge in [-0.1, -0.05) is 0 Å². The zero-order chi connectivity index (χ0) is 30.8. The van der Waals surface area contributed by atoms with Crippen LogP contribution in [-0.2, 0) is 22.7 Å². The lowest BCUT2D eigenvalue weighted by molar-refractivity contribution is 0.0636. The Morgan fingerprint density at radius 3 is 2.65 bits per heavy atom. The van der Waals surface area contributed by atoms with Gasteiger partial charge in [0.25, 0.3) is 0 Å². The number of halogens is 2. The zero-order valence-electron chi connectivity index (χ0n) is 24.2. The number of carbonyl (C=O) groups excluding carboxylic acids is 1. The van der Waals surface area contributed by atoms with Crippen molar-refractivity contribution in [1.29, 1.82) is 5.26 Å². The molecule has 0 spiro atoms. The highest BCUT2D eigenvalue weighted by molar-refractivity contribution is 7.23. The van der Waals surface area contributed by atoms with Gasteiger partial charge in [-0.15, -0.1) is 11.3 Å². The molecule has 1 aromatic carbocycles. The monoisotopic (exact) mass is 609 g/mol. The van der Waals surface area contributed by atoms with Gasteiger partial charge in [0.2, 0.25) is 5.95 Å². The number of carbonyl (C=O) groups is 1. The molecule has 0 unspecified atom stereocenters. The van der Waals surface area contributed by atoms with E-state index in [0.29, 0.717) is 23.1 Å². The maximum atomic E-state index is 16.7. The standard InChI is InChI=1S/C29H29F2N7O4S/c1-29(2,3)42-28(40)36-26-13(6-32)21-24(33-8-17(30)25(21)43-26)20-16-12-41-11-15(16)14-7-34-27(35-23(14)22(20)31)38-9-18(37(4)5)19(39)10-38/h7-8,18-19,39H,9-12H2,1-5H3,(H,36,40)/t18-,19+/m1/s1. The smallest absolute Gasteiger partial charge is 0.412 e. The summed E-state index contributed by atoms with van der Waals surface area (Å²) in [6.07, 6.45) is 1.07. The molecule has 0 aliphatic carbocycles. The first-order valence-corrected chi connectivity index (χ1v) is 14.4. The third-order valence-electron chi connectivity index (χ3n) is 7.52.